The van der Waals surface area contributed by atoms with Gasteiger partial charge in [0, 0.05) is 19.6 Å². The number of para-hydroxylation sites is 1. The normalized spacial score (nSPS) is 25.9. The van der Waals surface area contributed by atoms with Crippen LogP contribution in [-0.2, 0) is 11.2 Å². The van der Waals surface area contributed by atoms with Gasteiger partial charge in [-0.3, -0.25) is 0 Å². The molecule has 0 saturated carbocycles. The summed E-state index contributed by atoms with van der Waals surface area (Å²) in [6.07, 6.45) is 6.72. The molecule has 3 nitrogen and oxygen atoms in total. The first-order chi connectivity index (χ1) is 9.42. The number of fused-ring (bicyclic) bond motifs is 1. The van der Waals surface area contributed by atoms with Gasteiger partial charge in [0.1, 0.15) is 11.9 Å². The molecule has 19 heavy (non-hydrogen) atoms. The van der Waals surface area contributed by atoms with Crippen molar-refractivity contribution in [3.05, 3.63) is 29.8 Å². The number of nitrogens with one attached hydrogen (secondary N) is 1. The Hall–Kier alpha value is -1.06. The summed E-state index contributed by atoms with van der Waals surface area (Å²) >= 11 is 0. The highest BCUT2D eigenvalue weighted by Gasteiger charge is 2.21. The molecule has 2 aliphatic heterocycles. The van der Waals surface area contributed by atoms with Crippen LogP contribution >= 0.6 is 0 Å². The van der Waals surface area contributed by atoms with Gasteiger partial charge >= 0.3 is 0 Å². The van der Waals surface area contributed by atoms with Crippen molar-refractivity contribution in [2.24, 2.45) is 0 Å². The molecule has 0 spiro atoms. The maximum atomic E-state index is 5.91. The third-order valence-electron chi connectivity index (χ3n) is 4.00. The van der Waals surface area contributed by atoms with Gasteiger partial charge in [-0.15, -0.1) is 0 Å². The van der Waals surface area contributed by atoms with Crippen LogP contribution in [0.4, 0.5) is 0 Å². The summed E-state index contributed by atoms with van der Waals surface area (Å²) in [7, 11) is 0. The van der Waals surface area contributed by atoms with Crippen LogP contribution in [0.15, 0.2) is 24.3 Å². The molecule has 2 atom stereocenters. The van der Waals surface area contributed by atoms with E-state index >= 15 is 0 Å². The Morgan fingerprint density at radius 1 is 1.16 bits per heavy atom. The minimum atomic E-state index is 0.296. The number of hydrogen-bond donors (Lipinski definition) is 1. The monoisotopic (exact) mass is 261 g/mol. The van der Waals surface area contributed by atoms with Crippen LogP contribution in [0.5, 0.6) is 5.75 Å². The summed E-state index contributed by atoms with van der Waals surface area (Å²) in [4.78, 5) is 0. The van der Waals surface area contributed by atoms with Crippen molar-refractivity contribution in [2.75, 3.05) is 19.7 Å². The highest BCUT2D eigenvalue weighted by atomic mass is 16.5. The zero-order valence-electron chi connectivity index (χ0n) is 11.4. The fourth-order valence-corrected chi connectivity index (χ4v) is 2.93. The summed E-state index contributed by atoms with van der Waals surface area (Å²) in [5, 5.41) is 3.50. The predicted molar refractivity (Wildman–Crippen MR) is 75.6 cm³/mol. The zero-order valence-corrected chi connectivity index (χ0v) is 11.4. The van der Waals surface area contributed by atoms with Crippen LogP contribution < -0.4 is 10.1 Å². The van der Waals surface area contributed by atoms with Crippen molar-refractivity contribution in [1.82, 2.24) is 5.32 Å². The summed E-state index contributed by atoms with van der Waals surface area (Å²) in [6, 6.07) is 8.34. The fraction of sp³-hybridized carbons (Fsp3) is 0.625. The van der Waals surface area contributed by atoms with Gasteiger partial charge in [-0.2, -0.15) is 0 Å². The van der Waals surface area contributed by atoms with Crippen LogP contribution in [0.25, 0.3) is 0 Å². The molecule has 2 aliphatic rings. The maximum absolute atomic E-state index is 5.91. The van der Waals surface area contributed by atoms with Gasteiger partial charge < -0.3 is 14.8 Å². The third kappa shape index (κ3) is 3.48. The van der Waals surface area contributed by atoms with Crippen LogP contribution in [0.3, 0.4) is 0 Å². The molecule has 2 heterocycles. The molecule has 0 bridgehead atoms. The van der Waals surface area contributed by atoms with Crippen molar-refractivity contribution in [1.29, 1.82) is 0 Å². The van der Waals surface area contributed by atoms with Gasteiger partial charge in [0.25, 0.3) is 0 Å². The lowest BCUT2D eigenvalue weighted by atomic mass is 10.1. The highest BCUT2D eigenvalue weighted by molar-refractivity contribution is 5.37. The Bertz CT molecular complexity index is 376. The minimum absolute atomic E-state index is 0.296. The second-order valence-corrected chi connectivity index (χ2v) is 5.53. The summed E-state index contributed by atoms with van der Waals surface area (Å²) in [5.74, 6) is 1.06. The molecule has 2 unspecified atom stereocenters. The summed E-state index contributed by atoms with van der Waals surface area (Å²) < 4.78 is 11.6. The molecule has 104 valence electrons. The Morgan fingerprint density at radius 2 is 2.11 bits per heavy atom. The molecule has 0 aromatic heterocycles. The number of ether oxygens (including phenoxy) is 2. The fourth-order valence-electron chi connectivity index (χ4n) is 2.93. The molecular weight excluding hydrogens is 238 g/mol. The number of hydrogen-bond acceptors (Lipinski definition) is 3. The van der Waals surface area contributed by atoms with E-state index in [9.17, 15) is 0 Å². The Kier molecular flexibility index (Phi) is 4.36. The van der Waals surface area contributed by atoms with Gasteiger partial charge in [0.05, 0.1) is 6.10 Å². The van der Waals surface area contributed by atoms with E-state index in [4.69, 9.17) is 9.47 Å². The molecule has 0 radical (unpaired) electrons. The van der Waals surface area contributed by atoms with Crippen molar-refractivity contribution in [3.8, 4) is 5.75 Å². The second-order valence-electron chi connectivity index (χ2n) is 5.53. The largest absolute Gasteiger partial charge is 0.488 e. The topological polar surface area (TPSA) is 30.5 Å². The van der Waals surface area contributed by atoms with Gasteiger partial charge in [-0.25, -0.2) is 0 Å². The minimum Gasteiger partial charge on any atom is -0.488 e. The average Bonchev–Trinajstić information content (AvgIpc) is 2.87. The van der Waals surface area contributed by atoms with Crippen LogP contribution in [0.1, 0.15) is 31.2 Å². The summed E-state index contributed by atoms with van der Waals surface area (Å²) in [5.41, 5.74) is 1.34. The average molecular weight is 261 g/mol. The molecule has 1 N–H and O–H groups in total. The van der Waals surface area contributed by atoms with E-state index in [1.807, 2.05) is 6.07 Å². The summed E-state index contributed by atoms with van der Waals surface area (Å²) in [6.45, 7) is 2.91. The predicted octanol–water partition coefficient (Wildman–Crippen LogP) is 2.54. The van der Waals surface area contributed by atoms with Crippen molar-refractivity contribution >= 4 is 0 Å². The first-order valence-electron chi connectivity index (χ1n) is 7.49. The van der Waals surface area contributed by atoms with E-state index in [2.05, 4.69) is 23.5 Å². The van der Waals surface area contributed by atoms with Crippen molar-refractivity contribution < 1.29 is 9.47 Å². The second kappa shape index (κ2) is 6.40. The molecule has 1 aromatic rings. The van der Waals surface area contributed by atoms with Gasteiger partial charge in [-0.05, 0) is 43.9 Å². The van der Waals surface area contributed by atoms with E-state index in [1.165, 1.54) is 24.8 Å². The van der Waals surface area contributed by atoms with Gasteiger partial charge in [0.2, 0.25) is 0 Å². The smallest absolute Gasteiger partial charge is 0.123 e. The molecular formula is C16H23NO2. The highest BCUT2D eigenvalue weighted by Crippen LogP contribution is 2.27. The first-order valence-corrected chi connectivity index (χ1v) is 7.49. The molecule has 1 fully saturated rings. The van der Waals surface area contributed by atoms with Crippen molar-refractivity contribution in [2.45, 2.75) is 44.3 Å². The number of benzene rings is 1. The van der Waals surface area contributed by atoms with E-state index < -0.39 is 0 Å². The van der Waals surface area contributed by atoms with Gasteiger partial charge in [0.15, 0.2) is 0 Å². The molecule has 1 saturated heterocycles. The standard InChI is InChI=1S/C16H23NO2/c1-2-7-16-13(5-1)11-15(19-16)12-17-9-8-14-6-3-4-10-18-14/h1-2,5,7,14-15,17H,3-4,6,8-12H2. The van der Waals surface area contributed by atoms with E-state index in [0.717, 1.165) is 38.3 Å². The lowest BCUT2D eigenvalue weighted by Gasteiger charge is -2.22. The van der Waals surface area contributed by atoms with Crippen LogP contribution in [0.2, 0.25) is 0 Å². The number of rotatable bonds is 5. The molecule has 0 aliphatic carbocycles. The lowest BCUT2D eigenvalue weighted by molar-refractivity contribution is 0.0113. The van der Waals surface area contributed by atoms with Crippen LogP contribution in [-0.4, -0.2) is 31.9 Å². The van der Waals surface area contributed by atoms with Crippen molar-refractivity contribution in [3.63, 3.8) is 0 Å². The Balaban J connectivity index is 1.33. The van der Waals surface area contributed by atoms with Crippen LogP contribution in [0, 0.1) is 0 Å². The third-order valence-corrected chi connectivity index (χ3v) is 4.00. The van der Waals surface area contributed by atoms with E-state index in [-0.39, 0.29) is 0 Å². The Morgan fingerprint density at radius 3 is 2.95 bits per heavy atom. The lowest BCUT2D eigenvalue weighted by Crippen LogP contribution is -2.32. The van der Waals surface area contributed by atoms with Gasteiger partial charge in [-0.1, -0.05) is 18.2 Å². The maximum Gasteiger partial charge on any atom is 0.123 e. The van der Waals surface area contributed by atoms with E-state index in [1.54, 1.807) is 0 Å². The Labute approximate surface area is 115 Å². The molecule has 1 aromatic carbocycles. The van der Waals surface area contributed by atoms with E-state index in [0.29, 0.717) is 12.2 Å². The molecule has 3 heteroatoms. The molecule has 3 rings (SSSR count). The first kappa shape index (κ1) is 12.9. The quantitative estimate of drug-likeness (QED) is 0.826. The zero-order chi connectivity index (χ0) is 12.9. The molecule has 0 amide bonds. The SMILES string of the molecule is c1ccc2c(c1)CC(CNCCC1CCCCO1)O2.